The highest BCUT2D eigenvalue weighted by Crippen LogP contribution is 2.52. The molecule has 0 atom stereocenters. The van der Waals surface area contributed by atoms with Crippen molar-refractivity contribution in [1.82, 2.24) is 0 Å². The number of alkyl halides is 2. The maximum absolute atomic E-state index is 13.0. The topological polar surface area (TPSA) is 87.6 Å². The molecule has 0 saturated heterocycles. The third kappa shape index (κ3) is 2.26. The molecule has 1 aromatic carbocycles. The number of ether oxygens (including phenoxy) is 2. The highest BCUT2D eigenvalue weighted by atomic mass is 19.3. The normalized spacial score (nSPS) is 19.1. The van der Waals surface area contributed by atoms with E-state index in [2.05, 4.69) is 0 Å². The summed E-state index contributed by atoms with van der Waals surface area (Å²) in [5.74, 6) is -2.80. The van der Waals surface area contributed by atoms with Gasteiger partial charge < -0.3 is 15.2 Å². The van der Waals surface area contributed by atoms with E-state index >= 15 is 0 Å². The van der Waals surface area contributed by atoms with Crippen molar-refractivity contribution in [3.05, 3.63) is 27.8 Å². The quantitative estimate of drug-likeness (QED) is 0.677. The Hall–Kier alpha value is -1.96. The molecule has 0 aromatic heterocycles. The Morgan fingerprint density at radius 2 is 1.90 bits per heavy atom. The molecule has 0 heterocycles. The minimum atomic E-state index is -2.84. The number of hydrogen-bond donors (Lipinski definition) is 1. The Bertz CT molecular complexity index is 555. The summed E-state index contributed by atoms with van der Waals surface area (Å²) in [6, 6.07) is 2.57. The van der Waals surface area contributed by atoms with Gasteiger partial charge in [0.05, 0.1) is 24.7 Å². The number of nitro benzene ring substituents is 1. The van der Waals surface area contributed by atoms with E-state index in [4.69, 9.17) is 15.2 Å². The van der Waals surface area contributed by atoms with Gasteiger partial charge in [-0.3, -0.25) is 10.1 Å². The average Bonchev–Trinajstić information content (AvgIpc) is 2.34. The molecule has 110 valence electrons. The van der Waals surface area contributed by atoms with Crippen LogP contribution in [0.5, 0.6) is 11.5 Å². The predicted molar refractivity (Wildman–Crippen MR) is 66.2 cm³/mol. The van der Waals surface area contributed by atoms with E-state index in [9.17, 15) is 18.9 Å². The van der Waals surface area contributed by atoms with Crippen LogP contribution in [-0.2, 0) is 5.54 Å². The fraction of sp³-hybridized carbons (Fsp3) is 0.500. The summed E-state index contributed by atoms with van der Waals surface area (Å²) in [6.07, 6.45) is -1.10. The lowest BCUT2D eigenvalue weighted by molar-refractivity contribution is -0.386. The minimum absolute atomic E-state index is 0.0593. The molecule has 6 nitrogen and oxygen atoms in total. The lowest BCUT2D eigenvalue weighted by atomic mass is 9.69. The monoisotopic (exact) mass is 288 g/mol. The fourth-order valence-corrected chi connectivity index (χ4v) is 2.44. The van der Waals surface area contributed by atoms with Crippen molar-refractivity contribution in [3.8, 4) is 11.5 Å². The van der Waals surface area contributed by atoms with Gasteiger partial charge in [0.15, 0.2) is 5.75 Å². The summed E-state index contributed by atoms with van der Waals surface area (Å²) in [6.45, 7) is 0. The van der Waals surface area contributed by atoms with Crippen LogP contribution in [-0.4, -0.2) is 25.1 Å². The second-order valence-corrected chi connectivity index (χ2v) is 4.85. The summed E-state index contributed by atoms with van der Waals surface area (Å²) >= 11 is 0. The van der Waals surface area contributed by atoms with Crippen molar-refractivity contribution in [2.75, 3.05) is 14.2 Å². The number of nitrogens with two attached hydrogens (primary N) is 1. The molecule has 1 aliphatic rings. The molecule has 1 aromatic rings. The smallest absolute Gasteiger partial charge is 0.315 e. The molecular formula is C12H14F2N2O4. The second kappa shape index (κ2) is 4.55. The highest BCUT2D eigenvalue weighted by Gasteiger charge is 2.55. The summed E-state index contributed by atoms with van der Waals surface area (Å²) in [7, 11) is 2.57. The van der Waals surface area contributed by atoms with Crippen LogP contribution in [0.2, 0.25) is 0 Å². The molecule has 20 heavy (non-hydrogen) atoms. The standard InChI is InChI=1S/C12H14F2N2O4/c1-19-9-4-7(11(15)5-12(13,14)6-11)3-8(16(17)18)10(9)20-2/h3-4H,5-6,15H2,1-2H3. The molecule has 0 bridgehead atoms. The zero-order chi connectivity index (χ0) is 15.1. The van der Waals surface area contributed by atoms with Crippen LogP contribution in [0.4, 0.5) is 14.5 Å². The van der Waals surface area contributed by atoms with E-state index in [0.717, 1.165) is 6.07 Å². The predicted octanol–water partition coefficient (Wildman–Crippen LogP) is 2.20. The van der Waals surface area contributed by atoms with Crippen molar-refractivity contribution in [2.45, 2.75) is 24.3 Å². The molecule has 0 amide bonds. The van der Waals surface area contributed by atoms with Gasteiger partial charge in [-0.25, -0.2) is 8.78 Å². The van der Waals surface area contributed by atoms with Gasteiger partial charge in [0.25, 0.3) is 5.92 Å². The van der Waals surface area contributed by atoms with Crippen LogP contribution in [0.25, 0.3) is 0 Å². The Labute approximate surface area is 113 Å². The van der Waals surface area contributed by atoms with E-state index in [-0.39, 0.29) is 22.7 Å². The fourth-order valence-electron chi connectivity index (χ4n) is 2.44. The highest BCUT2D eigenvalue weighted by molar-refractivity contribution is 5.59. The largest absolute Gasteiger partial charge is 0.493 e. The second-order valence-electron chi connectivity index (χ2n) is 4.85. The third-order valence-corrected chi connectivity index (χ3v) is 3.38. The molecule has 1 saturated carbocycles. The van der Waals surface area contributed by atoms with Gasteiger partial charge in [-0.15, -0.1) is 0 Å². The van der Waals surface area contributed by atoms with Crippen molar-refractivity contribution < 1.29 is 23.2 Å². The van der Waals surface area contributed by atoms with Gasteiger partial charge in [0.1, 0.15) is 0 Å². The molecule has 1 fully saturated rings. The Morgan fingerprint density at radius 3 is 2.30 bits per heavy atom. The summed E-state index contributed by atoms with van der Waals surface area (Å²) in [5, 5.41) is 11.0. The zero-order valence-electron chi connectivity index (χ0n) is 11.0. The van der Waals surface area contributed by atoms with E-state index in [0.29, 0.717) is 0 Å². The molecule has 0 aliphatic heterocycles. The summed E-state index contributed by atoms with van der Waals surface area (Å²) < 4.78 is 36.0. The van der Waals surface area contributed by atoms with Gasteiger partial charge in [-0.05, 0) is 11.6 Å². The first-order chi connectivity index (χ1) is 9.22. The molecule has 0 unspecified atom stereocenters. The average molecular weight is 288 g/mol. The lowest BCUT2D eigenvalue weighted by Gasteiger charge is -2.44. The first-order valence-corrected chi connectivity index (χ1v) is 5.80. The first kappa shape index (κ1) is 14.4. The van der Waals surface area contributed by atoms with Gasteiger partial charge in [-0.1, -0.05) is 0 Å². The number of rotatable bonds is 4. The molecule has 2 rings (SSSR count). The zero-order valence-corrected chi connectivity index (χ0v) is 11.0. The minimum Gasteiger partial charge on any atom is -0.493 e. The van der Waals surface area contributed by atoms with Gasteiger partial charge in [0.2, 0.25) is 5.75 Å². The van der Waals surface area contributed by atoms with Gasteiger partial charge in [0, 0.05) is 18.9 Å². The van der Waals surface area contributed by atoms with E-state index < -0.39 is 29.2 Å². The van der Waals surface area contributed by atoms with Crippen LogP contribution < -0.4 is 15.2 Å². The summed E-state index contributed by atoms with van der Waals surface area (Å²) in [5.41, 5.74) is 4.48. The van der Waals surface area contributed by atoms with Crippen LogP contribution in [0.15, 0.2) is 12.1 Å². The van der Waals surface area contributed by atoms with Gasteiger partial charge in [-0.2, -0.15) is 0 Å². The first-order valence-electron chi connectivity index (χ1n) is 5.80. The number of halogens is 2. The molecule has 1 aliphatic carbocycles. The number of nitro groups is 1. The summed E-state index contributed by atoms with van der Waals surface area (Å²) in [4.78, 5) is 10.4. The van der Waals surface area contributed by atoms with Crippen molar-refractivity contribution in [3.63, 3.8) is 0 Å². The molecule has 8 heteroatoms. The van der Waals surface area contributed by atoms with Crippen LogP contribution >= 0.6 is 0 Å². The lowest BCUT2D eigenvalue weighted by Crippen LogP contribution is -2.55. The number of hydrogen-bond acceptors (Lipinski definition) is 5. The Balaban J connectivity index is 2.51. The van der Waals surface area contributed by atoms with E-state index in [1.165, 1.54) is 20.3 Å². The Morgan fingerprint density at radius 1 is 1.30 bits per heavy atom. The van der Waals surface area contributed by atoms with Crippen molar-refractivity contribution in [1.29, 1.82) is 0 Å². The van der Waals surface area contributed by atoms with Gasteiger partial charge >= 0.3 is 5.69 Å². The maximum Gasteiger partial charge on any atom is 0.315 e. The van der Waals surface area contributed by atoms with E-state index in [1.54, 1.807) is 0 Å². The number of benzene rings is 1. The van der Waals surface area contributed by atoms with Crippen LogP contribution in [0, 0.1) is 10.1 Å². The Kier molecular flexibility index (Phi) is 3.29. The molecule has 2 N–H and O–H groups in total. The van der Waals surface area contributed by atoms with Crippen LogP contribution in [0.1, 0.15) is 18.4 Å². The van der Waals surface area contributed by atoms with Crippen molar-refractivity contribution in [2.24, 2.45) is 5.73 Å². The molecule has 0 radical (unpaired) electrons. The number of nitrogens with zero attached hydrogens (tertiary/aromatic N) is 1. The SMILES string of the molecule is COc1cc(C2(N)CC(F)(F)C2)cc([N+](=O)[O-])c1OC. The van der Waals surface area contributed by atoms with Crippen molar-refractivity contribution >= 4 is 5.69 Å². The van der Waals surface area contributed by atoms with Crippen LogP contribution in [0.3, 0.4) is 0 Å². The number of methoxy groups -OCH3 is 2. The third-order valence-electron chi connectivity index (χ3n) is 3.38. The van der Waals surface area contributed by atoms with E-state index in [1.807, 2.05) is 0 Å². The molecule has 0 spiro atoms. The molecular weight excluding hydrogens is 274 g/mol. The maximum atomic E-state index is 13.0.